The second-order valence-electron chi connectivity index (χ2n) is 3.70. The molecule has 17 heavy (non-hydrogen) atoms. The second-order valence-corrected chi connectivity index (χ2v) is 3.70. The quantitative estimate of drug-likeness (QED) is 0.874. The van der Waals surface area contributed by atoms with E-state index in [2.05, 4.69) is 15.3 Å². The molecule has 4 nitrogen and oxygen atoms in total. The smallest absolute Gasteiger partial charge is 0.225 e. The normalized spacial score (nSPS) is 10.0. The third-order valence-electron chi connectivity index (χ3n) is 2.28. The lowest BCUT2D eigenvalue weighted by molar-refractivity contribution is 0.293. The zero-order chi connectivity index (χ0) is 12.1. The van der Waals surface area contributed by atoms with Crippen LogP contribution in [0, 0.1) is 6.92 Å². The van der Waals surface area contributed by atoms with Gasteiger partial charge in [-0.3, -0.25) is 0 Å². The van der Waals surface area contributed by atoms with E-state index in [1.54, 1.807) is 7.05 Å². The Kier molecular flexibility index (Phi) is 3.55. The van der Waals surface area contributed by atoms with E-state index in [9.17, 15) is 0 Å². The maximum Gasteiger partial charge on any atom is 0.225 e. The fraction of sp³-hybridized carbons (Fsp3) is 0.231. The average molecular weight is 229 g/mol. The van der Waals surface area contributed by atoms with Gasteiger partial charge in [0.05, 0.1) is 0 Å². The summed E-state index contributed by atoms with van der Waals surface area (Å²) in [6.07, 6.45) is 0. The molecule has 88 valence electrons. The van der Waals surface area contributed by atoms with Crippen molar-refractivity contribution < 1.29 is 4.74 Å². The van der Waals surface area contributed by atoms with Gasteiger partial charge in [-0.05, 0) is 12.5 Å². The predicted octanol–water partition coefficient (Wildman–Crippen LogP) is 2.41. The number of ether oxygens (including phenoxy) is 1. The Morgan fingerprint density at radius 1 is 1.18 bits per heavy atom. The minimum Gasteiger partial charge on any atom is -0.473 e. The number of hydrogen-bond donors (Lipinski definition) is 1. The molecule has 0 saturated carbocycles. The molecule has 0 atom stereocenters. The molecule has 2 aromatic rings. The highest BCUT2D eigenvalue weighted by Crippen LogP contribution is 2.13. The molecular formula is C13H15N3O. The van der Waals surface area contributed by atoms with Crippen molar-refractivity contribution in [1.82, 2.24) is 9.97 Å². The molecule has 0 bridgehead atoms. The van der Waals surface area contributed by atoms with E-state index in [0.29, 0.717) is 18.4 Å². The van der Waals surface area contributed by atoms with Gasteiger partial charge < -0.3 is 10.1 Å². The van der Waals surface area contributed by atoms with Crippen LogP contribution in [0.4, 0.5) is 5.95 Å². The maximum atomic E-state index is 5.62. The third kappa shape index (κ3) is 3.17. The molecule has 1 aromatic heterocycles. The van der Waals surface area contributed by atoms with Crippen molar-refractivity contribution in [1.29, 1.82) is 0 Å². The predicted molar refractivity (Wildman–Crippen MR) is 67.1 cm³/mol. The van der Waals surface area contributed by atoms with E-state index in [4.69, 9.17) is 4.74 Å². The van der Waals surface area contributed by atoms with Crippen molar-refractivity contribution in [2.24, 2.45) is 0 Å². The Morgan fingerprint density at radius 3 is 2.65 bits per heavy atom. The van der Waals surface area contributed by atoms with Crippen LogP contribution in [0.5, 0.6) is 5.88 Å². The first-order chi connectivity index (χ1) is 8.28. The Morgan fingerprint density at radius 2 is 1.94 bits per heavy atom. The molecule has 4 heteroatoms. The zero-order valence-electron chi connectivity index (χ0n) is 9.97. The van der Waals surface area contributed by atoms with E-state index >= 15 is 0 Å². The molecule has 0 aliphatic rings. The van der Waals surface area contributed by atoms with Gasteiger partial charge in [0.2, 0.25) is 11.8 Å². The van der Waals surface area contributed by atoms with Crippen molar-refractivity contribution in [2.75, 3.05) is 12.4 Å². The number of rotatable bonds is 4. The molecule has 0 amide bonds. The van der Waals surface area contributed by atoms with E-state index in [1.807, 2.05) is 43.3 Å². The Hall–Kier alpha value is -2.10. The molecular weight excluding hydrogens is 214 g/mol. The van der Waals surface area contributed by atoms with E-state index in [0.717, 1.165) is 11.3 Å². The minimum atomic E-state index is 0.514. The van der Waals surface area contributed by atoms with Crippen LogP contribution in [0.15, 0.2) is 36.4 Å². The van der Waals surface area contributed by atoms with Crippen LogP contribution in [-0.2, 0) is 6.61 Å². The molecule has 0 aliphatic heterocycles. The summed E-state index contributed by atoms with van der Waals surface area (Å²) in [4.78, 5) is 8.43. The van der Waals surface area contributed by atoms with Gasteiger partial charge >= 0.3 is 0 Å². The molecule has 0 spiro atoms. The lowest BCUT2D eigenvalue weighted by Crippen LogP contribution is -2.02. The first kappa shape index (κ1) is 11.4. The van der Waals surface area contributed by atoms with Crippen LogP contribution in [0.1, 0.15) is 11.3 Å². The third-order valence-corrected chi connectivity index (χ3v) is 2.28. The van der Waals surface area contributed by atoms with E-state index < -0.39 is 0 Å². The van der Waals surface area contributed by atoms with Gasteiger partial charge in [0.25, 0.3) is 0 Å². The summed E-state index contributed by atoms with van der Waals surface area (Å²) in [5.41, 5.74) is 2.00. The van der Waals surface area contributed by atoms with Gasteiger partial charge in [0, 0.05) is 18.8 Å². The van der Waals surface area contributed by atoms with Gasteiger partial charge in [-0.2, -0.15) is 4.98 Å². The van der Waals surface area contributed by atoms with Crippen LogP contribution in [-0.4, -0.2) is 17.0 Å². The highest BCUT2D eigenvalue weighted by atomic mass is 16.5. The van der Waals surface area contributed by atoms with Gasteiger partial charge in [-0.25, -0.2) is 4.98 Å². The fourth-order valence-corrected chi connectivity index (χ4v) is 1.46. The van der Waals surface area contributed by atoms with Crippen LogP contribution in [0.3, 0.4) is 0 Å². The molecule has 0 aliphatic carbocycles. The number of aromatic nitrogens is 2. The summed E-state index contributed by atoms with van der Waals surface area (Å²) in [7, 11) is 1.79. The lowest BCUT2D eigenvalue weighted by Gasteiger charge is -2.07. The number of benzene rings is 1. The zero-order valence-corrected chi connectivity index (χ0v) is 9.97. The molecule has 0 unspecified atom stereocenters. The maximum absolute atomic E-state index is 5.62. The van der Waals surface area contributed by atoms with Crippen LogP contribution in [0.25, 0.3) is 0 Å². The van der Waals surface area contributed by atoms with Crippen LogP contribution in [0.2, 0.25) is 0 Å². The summed E-state index contributed by atoms with van der Waals surface area (Å²) in [6.45, 7) is 2.43. The summed E-state index contributed by atoms with van der Waals surface area (Å²) in [5, 5.41) is 2.90. The number of nitrogens with zero attached hydrogens (tertiary/aromatic N) is 2. The van der Waals surface area contributed by atoms with Crippen molar-refractivity contribution in [2.45, 2.75) is 13.5 Å². The molecule has 0 fully saturated rings. The Balaban J connectivity index is 2.06. The van der Waals surface area contributed by atoms with E-state index in [1.165, 1.54) is 0 Å². The number of hydrogen-bond acceptors (Lipinski definition) is 4. The number of aryl methyl sites for hydroxylation is 1. The lowest BCUT2D eigenvalue weighted by atomic mass is 10.2. The minimum absolute atomic E-state index is 0.514. The number of anilines is 1. The monoisotopic (exact) mass is 229 g/mol. The molecule has 0 saturated heterocycles. The SMILES string of the molecule is CNc1nc(C)cc(OCc2ccccc2)n1. The number of nitrogens with one attached hydrogen (secondary N) is 1. The van der Waals surface area contributed by atoms with Gasteiger partial charge in [0.1, 0.15) is 6.61 Å². The van der Waals surface area contributed by atoms with Crippen molar-refractivity contribution in [3.8, 4) is 5.88 Å². The van der Waals surface area contributed by atoms with Crippen LogP contribution < -0.4 is 10.1 Å². The standard InChI is InChI=1S/C13H15N3O/c1-10-8-12(16-13(14-2)15-10)17-9-11-6-4-3-5-7-11/h3-8H,9H2,1-2H3,(H,14,15,16). The largest absolute Gasteiger partial charge is 0.473 e. The highest BCUT2D eigenvalue weighted by Gasteiger charge is 2.01. The summed E-state index contributed by atoms with van der Waals surface area (Å²) in [6, 6.07) is 11.8. The summed E-state index contributed by atoms with van der Waals surface area (Å²) < 4.78 is 5.62. The van der Waals surface area contributed by atoms with Gasteiger partial charge in [-0.1, -0.05) is 30.3 Å². The van der Waals surface area contributed by atoms with Crippen molar-refractivity contribution >= 4 is 5.95 Å². The fourth-order valence-electron chi connectivity index (χ4n) is 1.46. The topological polar surface area (TPSA) is 47.0 Å². The van der Waals surface area contributed by atoms with Crippen molar-refractivity contribution in [3.05, 3.63) is 47.7 Å². The molecule has 2 rings (SSSR count). The average Bonchev–Trinajstić information content (AvgIpc) is 2.37. The first-order valence-corrected chi connectivity index (χ1v) is 5.48. The Labute approximate surface area is 101 Å². The summed E-state index contributed by atoms with van der Waals surface area (Å²) in [5.74, 6) is 1.17. The first-order valence-electron chi connectivity index (χ1n) is 5.48. The molecule has 1 N–H and O–H groups in total. The van der Waals surface area contributed by atoms with Gasteiger partial charge in [-0.15, -0.1) is 0 Å². The molecule has 1 aromatic carbocycles. The second kappa shape index (κ2) is 5.30. The van der Waals surface area contributed by atoms with Crippen molar-refractivity contribution in [3.63, 3.8) is 0 Å². The highest BCUT2D eigenvalue weighted by molar-refractivity contribution is 5.29. The van der Waals surface area contributed by atoms with Gasteiger partial charge in [0.15, 0.2) is 0 Å². The molecule has 0 radical (unpaired) electrons. The summed E-state index contributed by atoms with van der Waals surface area (Å²) >= 11 is 0. The Bertz CT molecular complexity index is 485. The van der Waals surface area contributed by atoms with E-state index in [-0.39, 0.29) is 0 Å². The van der Waals surface area contributed by atoms with Crippen LogP contribution >= 0.6 is 0 Å². The molecule has 1 heterocycles.